The van der Waals surface area contributed by atoms with E-state index in [1.54, 1.807) is 23.5 Å². The normalized spacial score (nSPS) is 17.0. The van der Waals surface area contributed by atoms with Crippen molar-refractivity contribution in [1.82, 2.24) is 0 Å². The van der Waals surface area contributed by atoms with Gasteiger partial charge in [-0.3, -0.25) is 0 Å². The maximum absolute atomic E-state index is 9.00. The van der Waals surface area contributed by atoms with E-state index in [0.717, 1.165) is 21.9 Å². The Morgan fingerprint density at radius 2 is 2.12 bits per heavy atom. The standard InChI is InChI=1S/C11H13NO2S2/c1-15-7-5-9-11(10(6-7)16-2)8(12-13)3-4-14-9/h5-6,13H,3-4H2,1-2H3. The van der Waals surface area contributed by atoms with Gasteiger partial charge in [-0.2, -0.15) is 0 Å². The first kappa shape index (κ1) is 11.7. The van der Waals surface area contributed by atoms with E-state index < -0.39 is 0 Å². The Hall–Kier alpha value is -0.810. The molecule has 1 aromatic carbocycles. The van der Waals surface area contributed by atoms with Crippen LogP contribution in [-0.4, -0.2) is 30.0 Å². The number of thioether (sulfide) groups is 2. The largest absolute Gasteiger partial charge is 0.492 e. The lowest BCUT2D eigenvalue weighted by molar-refractivity contribution is 0.296. The van der Waals surface area contributed by atoms with Crippen LogP contribution in [-0.2, 0) is 0 Å². The van der Waals surface area contributed by atoms with E-state index in [-0.39, 0.29) is 0 Å². The highest BCUT2D eigenvalue weighted by atomic mass is 32.2. The maximum Gasteiger partial charge on any atom is 0.130 e. The fourth-order valence-electron chi connectivity index (χ4n) is 1.73. The molecule has 3 nitrogen and oxygen atoms in total. The van der Waals surface area contributed by atoms with E-state index >= 15 is 0 Å². The van der Waals surface area contributed by atoms with Crippen molar-refractivity contribution < 1.29 is 9.94 Å². The van der Waals surface area contributed by atoms with Gasteiger partial charge in [0.1, 0.15) is 5.75 Å². The number of nitrogens with zero attached hydrogens (tertiary/aromatic N) is 1. The van der Waals surface area contributed by atoms with Crippen molar-refractivity contribution in [2.24, 2.45) is 5.16 Å². The summed E-state index contributed by atoms with van der Waals surface area (Å²) in [6.45, 7) is 0.581. The second-order valence-electron chi connectivity index (χ2n) is 3.35. The molecule has 0 fully saturated rings. The molecule has 16 heavy (non-hydrogen) atoms. The average Bonchev–Trinajstić information content (AvgIpc) is 2.36. The van der Waals surface area contributed by atoms with Crippen LogP contribution in [0.25, 0.3) is 0 Å². The lowest BCUT2D eigenvalue weighted by atomic mass is 10.0. The van der Waals surface area contributed by atoms with Gasteiger partial charge in [0.15, 0.2) is 0 Å². The molecule has 1 heterocycles. The molecule has 1 aromatic rings. The van der Waals surface area contributed by atoms with Crippen LogP contribution in [0.15, 0.2) is 27.1 Å². The van der Waals surface area contributed by atoms with E-state index in [0.29, 0.717) is 13.0 Å². The molecule has 1 aliphatic heterocycles. The van der Waals surface area contributed by atoms with Crippen LogP contribution in [0.4, 0.5) is 0 Å². The first-order valence-electron chi connectivity index (χ1n) is 4.90. The van der Waals surface area contributed by atoms with Gasteiger partial charge < -0.3 is 9.94 Å². The highest BCUT2D eigenvalue weighted by molar-refractivity contribution is 7.99. The highest BCUT2D eigenvalue weighted by Crippen LogP contribution is 2.37. The maximum atomic E-state index is 9.00. The molecule has 0 saturated heterocycles. The van der Waals surface area contributed by atoms with Gasteiger partial charge in [0.05, 0.1) is 17.9 Å². The minimum atomic E-state index is 0.581. The van der Waals surface area contributed by atoms with Gasteiger partial charge in [-0.05, 0) is 24.6 Å². The Labute approximate surface area is 103 Å². The lowest BCUT2D eigenvalue weighted by Gasteiger charge is -2.21. The quantitative estimate of drug-likeness (QED) is 0.501. The first-order chi connectivity index (χ1) is 7.80. The van der Waals surface area contributed by atoms with Crippen LogP contribution in [0.1, 0.15) is 12.0 Å². The van der Waals surface area contributed by atoms with Crippen molar-refractivity contribution in [1.29, 1.82) is 0 Å². The number of hydrogen-bond acceptors (Lipinski definition) is 5. The van der Waals surface area contributed by atoms with E-state index in [1.165, 1.54) is 4.90 Å². The smallest absolute Gasteiger partial charge is 0.130 e. The average molecular weight is 255 g/mol. The van der Waals surface area contributed by atoms with Crippen molar-refractivity contribution in [3.63, 3.8) is 0 Å². The summed E-state index contributed by atoms with van der Waals surface area (Å²) >= 11 is 3.33. The second-order valence-corrected chi connectivity index (χ2v) is 5.08. The van der Waals surface area contributed by atoms with Gasteiger partial charge in [0.2, 0.25) is 0 Å². The van der Waals surface area contributed by atoms with Crippen LogP contribution in [0.2, 0.25) is 0 Å². The van der Waals surface area contributed by atoms with E-state index in [9.17, 15) is 0 Å². The van der Waals surface area contributed by atoms with Crippen molar-refractivity contribution in [2.75, 3.05) is 19.1 Å². The van der Waals surface area contributed by atoms with Gasteiger partial charge in [-0.15, -0.1) is 23.5 Å². The SMILES string of the molecule is CSc1cc2c(c(SC)c1)C(=NO)CCO2. The van der Waals surface area contributed by atoms with Crippen LogP contribution in [0.5, 0.6) is 5.75 Å². The van der Waals surface area contributed by atoms with Gasteiger partial charge in [-0.1, -0.05) is 5.16 Å². The van der Waals surface area contributed by atoms with E-state index in [1.807, 2.05) is 18.6 Å². The zero-order valence-electron chi connectivity index (χ0n) is 9.19. The monoisotopic (exact) mass is 255 g/mol. The van der Waals surface area contributed by atoms with Crippen molar-refractivity contribution in [3.8, 4) is 5.75 Å². The molecule has 0 atom stereocenters. The molecule has 0 aromatic heterocycles. The number of ether oxygens (including phenoxy) is 1. The zero-order valence-corrected chi connectivity index (χ0v) is 10.8. The Kier molecular flexibility index (Phi) is 3.66. The molecular formula is C11H13NO2S2. The summed E-state index contributed by atoms with van der Waals surface area (Å²) < 4.78 is 5.62. The first-order valence-corrected chi connectivity index (χ1v) is 7.35. The van der Waals surface area contributed by atoms with Crippen LogP contribution in [0, 0.1) is 0 Å². The molecule has 0 saturated carbocycles. The third-order valence-electron chi connectivity index (χ3n) is 2.50. The lowest BCUT2D eigenvalue weighted by Crippen LogP contribution is -2.17. The molecule has 0 spiro atoms. The second kappa shape index (κ2) is 5.01. The Morgan fingerprint density at radius 3 is 2.75 bits per heavy atom. The third kappa shape index (κ3) is 2.01. The van der Waals surface area contributed by atoms with Gasteiger partial charge >= 0.3 is 0 Å². The summed E-state index contributed by atoms with van der Waals surface area (Å²) in [6, 6.07) is 4.11. The number of benzene rings is 1. The fourth-order valence-corrected chi connectivity index (χ4v) is 2.93. The summed E-state index contributed by atoms with van der Waals surface area (Å²) in [5.41, 5.74) is 1.66. The van der Waals surface area contributed by atoms with Gasteiger partial charge in [0.25, 0.3) is 0 Å². The van der Waals surface area contributed by atoms with Crippen LogP contribution >= 0.6 is 23.5 Å². The topological polar surface area (TPSA) is 41.8 Å². The summed E-state index contributed by atoms with van der Waals surface area (Å²) in [5, 5.41) is 12.4. The van der Waals surface area contributed by atoms with E-state index in [2.05, 4.69) is 11.2 Å². The summed E-state index contributed by atoms with van der Waals surface area (Å²) in [6.07, 6.45) is 4.72. The molecule has 0 radical (unpaired) electrons. The number of rotatable bonds is 2. The molecule has 0 amide bonds. The molecule has 2 rings (SSSR count). The van der Waals surface area contributed by atoms with E-state index in [4.69, 9.17) is 9.94 Å². The van der Waals surface area contributed by atoms with Gasteiger partial charge in [-0.25, -0.2) is 0 Å². The van der Waals surface area contributed by atoms with Crippen molar-refractivity contribution >= 4 is 29.2 Å². The van der Waals surface area contributed by atoms with Crippen LogP contribution < -0.4 is 4.74 Å². The molecule has 1 N–H and O–H groups in total. The summed E-state index contributed by atoms with van der Waals surface area (Å²) in [4.78, 5) is 2.27. The molecule has 0 unspecified atom stereocenters. The highest BCUT2D eigenvalue weighted by Gasteiger charge is 2.21. The van der Waals surface area contributed by atoms with Crippen molar-refractivity contribution in [3.05, 3.63) is 17.7 Å². The van der Waals surface area contributed by atoms with Gasteiger partial charge in [0, 0.05) is 16.2 Å². The predicted molar refractivity (Wildman–Crippen MR) is 68.4 cm³/mol. The molecule has 86 valence electrons. The fraction of sp³-hybridized carbons (Fsp3) is 0.364. The molecular weight excluding hydrogens is 242 g/mol. The number of hydrogen-bond donors (Lipinski definition) is 1. The third-order valence-corrected chi connectivity index (χ3v) is 3.97. The Bertz CT molecular complexity index is 415. The number of fused-ring (bicyclic) bond motifs is 1. The number of oxime groups is 1. The summed E-state index contributed by atoms with van der Waals surface area (Å²) in [5.74, 6) is 0.829. The minimum absolute atomic E-state index is 0.581. The predicted octanol–water partition coefficient (Wildman–Crippen LogP) is 3.09. The molecule has 5 heteroatoms. The van der Waals surface area contributed by atoms with Crippen LogP contribution in [0.3, 0.4) is 0 Å². The van der Waals surface area contributed by atoms with Crippen molar-refractivity contribution in [2.45, 2.75) is 16.2 Å². The molecule has 1 aliphatic rings. The zero-order chi connectivity index (χ0) is 11.5. The Balaban J connectivity index is 2.59. The Morgan fingerprint density at radius 1 is 1.31 bits per heavy atom. The molecule has 0 aliphatic carbocycles. The minimum Gasteiger partial charge on any atom is -0.492 e. The molecule has 0 bridgehead atoms. The summed E-state index contributed by atoms with van der Waals surface area (Å²) in [7, 11) is 0.